The molecule has 1 aromatic carbocycles. The predicted octanol–water partition coefficient (Wildman–Crippen LogP) is 3.90. The van der Waals surface area contributed by atoms with Crippen molar-refractivity contribution in [2.45, 2.75) is 77.2 Å². The Hall–Kier alpha value is -2.57. The Kier molecular flexibility index (Phi) is 5.36. The van der Waals surface area contributed by atoms with E-state index in [4.69, 9.17) is 14.3 Å². The number of carbonyl (C=O) groups excluding carboxylic acids is 2. The van der Waals surface area contributed by atoms with Crippen LogP contribution >= 0.6 is 0 Å². The lowest BCUT2D eigenvalue weighted by Crippen LogP contribution is -2.46. The molecule has 7 heteroatoms. The van der Waals surface area contributed by atoms with E-state index in [9.17, 15) is 9.59 Å². The number of hydrogen-bond acceptors (Lipinski definition) is 6. The summed E-state index contributed by atoms with van der Waals surface area (Å²) in [4.78, 5) is 32.9. The van der Waals surface area contributed by atoms with Gasteiger partial charge in [-0.3, -0.25) is 4.90 Å². The molecule has 2 aliphatic heterocycles. The number of oxime groups is 1. The fraction of sp³-hybridized carbons (Fsp3) is 0.591. The van der Waals surface area contributed by atoms with Gasteiger partial charge < -0.3 is 14.3 Å². The van der Waals surface area contributed by atoms with Gasteiger partial charge in [0.15, 0.2) is 5.60 Å². The van der Waals surface area contributed by atoms with Crippen LogP contribution in [0.25, 0.3) is 0 Å². The third-order valence-corrected chi connectivity index (χ3v) is 4.65. The van der Waals surface area contributed by atoms with Crippen LogP contribution in [0.4, 0.5) is 4.79 Å². The summed E-state index contributed by atoms with van der Waals surface area (Å²) < 4.78 is 11.1. The Morgan fingerprint density at radius 2 is 1.69 bits per heavy atom. The first-order valence-corrected chi connectivity index (χ1v) is 9.90. The van der Waals surface area contributed by atoms with Gasteiger partial charge in [-0.15, -0.1) is 0 Å². The molecular weight excluding hydrogens is 372 g/mol. The molecule has 1 fully saturated rings. The number of hydrogen-bond donors (Lipinski definition) is 0. The van der Waals surface area contributed by atoms with Crippen molar-refractivity contribution in [1.82, 2.24) is 4.90 Å². The van der Waals surface area contributed by atoms with Crippen LogP contribution in [0.2, 0.25) is 0 Å². The maximum absolute atomic E-state index is 12.9. The van der Waals surface area contributed by atoms with E-state index in [2.05, 4.69) is 5.16 Å². The summed E-state index contributed by atoms with van der Waals surface area (Å²) in [5.74, 6) is -0.461. The summed E-state index contributed by atoms with van der Waals surface area (Å²) in [6.07, 6.45) is 0.262. The van der Waals surface area contributed by atoms with Crippen LogP contribution in [0.1, 0.15) is 59.9 Å². The fourth-order valence-corrected chi connectivity index (χ4v) is 3.54. The van der Waals surface area contributed by atoms with Crippen molar-refractivity contribution in [2.75, 3.05) is 6.54 Å². The van der Waals surface area contributed by atoms with E-state index in [0.717, 1.165) is 11.3 Å². The average Bonchev–Trinajstić information content (AvgIpc) is 3.17. The topological polar surface area (TPSA) is 77.4 Å². The van der Waals surface area contributed by atoms with Crippen LogP contribution in [0.5, 0.6) is 0 Å². The van der Waals surface area contributed by atoms with Crippen molar-refractivity contribution >= 4 is 17.8 Å². The van der Waals surface area contributed by atoms with Crippen LogP contribution in [0, 0.1) is 0 Å². The third-order valence-electron chi connectivity index (χ3n) is 4.65. The van der Waals surface area contributed by atoms with Crippen LogP contribution in [0.3, 0.4) is 0 Å². The molecule has 0 aliphatic carbocycles. The number of rotatable bonds is 2. The highest BCUT2D eigenvalue weighted by molar-refractivity contribution is 6.02. The average molecular weight is 402 g/mol. The molecule has 1 spiro atoms. The second-order valence-corrected chi connectivity index (χ2v) is 9.72. The summed E-state index contributed by atoms with van der Waals surface area (Å²) in [7, 11) is 0. The first-order valence-electron chi connectivity index (χ1n) is 9.90. The van der Waals surface area contributed by atoms with Crippen molar-refractivity contribution in [3.8, 4) is 0 Å². The van der Waals surface area contributed by atoms with Gasteiger partial charge in [-0.2, -0.15) is 0 Å². The lowest BCUT2D eigenvalue weighted by atomic mass is 9.92. The van der Waals surface area contributed by atoms with Gasteiger partial charge in [0.1, 0.15) is 17.2 Å². The standard InChI is InChI=1S/C22H30N2O5/c1-20(2,3)27-18(25)17-13-22(14-24(17)19(26)28-21(4,5)6)12-16(23-29-22)15-10-8-7-9-11-15/h7-11,17H,12-14H2,1-6H3/t17-,22+/m0/s1. The molecule has 29 heavy (non-hydrogen) atoms. The number of ether oxygens (including phenoxy) is 2. The lowest BCUT2D eigenvalue weighted by Gasteiger charge is -2.29. The van der Waals surface area contributed by atoms with E-state index in [-0.39, 0.29) is 6.54 Å². The molecule has 7 nitrogen and oxygen atoms in total. The maximum atomic E-state index is 12.9. The molecule has 2 heterocycles. The molecule has 0 aromatic heterocycles. The lowest BCUT2D eigenvalue weighted by molar-refractivity contribution is -0.160. The van der Waals surface area contributed by atoms with E-state index in [0.29, 0.717) is 12.8 Å². The Labute approximate surface area is 172 Å². The Balaban J connectivity index is 1.81. The summed E-state index contributed by atoms with van der Waals surface area (Å²) in [5.41, 5.74) is -0.320. The molecule has 1 aromatic rings. The fourth-order valence-electron chi connectivity index (χ4n) is 3.54. The van der Waals surface area contributed by atoms with Gasteiger partial charge in [0.2, 0.25) is 0 Å². The number of benzene rings is 1. The monoisotopic (exact) mass is 402 g/mol. The summed E-state index contributed by atoms with van der Waals surface area (Å²) in [6.45, 7) is 11.0. The predicted molar refractivity (Wildman–Crippen MR) is 109 cm³/mol. The molecule has 2 aliphatic rings. The van der Waals surface area contributed by atoms with Crippen LogP contribution in [-0.2, 0) is 19.1 Å². The minimum absolute atomic E-state index is 0.214. The number of likely N-dealkylation sites (tertiary alicyclic amines) is 1. The number of amides is 1. The van der Waals surface area contributed by atoms with Gasteiger partial charge in [-0.1, -0.05) is 35.5 Å². The molecule has 1 saturated heterocycles. The minimum atomic E-state index is -0.783. The second-order valence-electron chi connectivity index (χ2n) is 9.72. The highest BCUT2D eigenvalue weighted by Gasteiger charge is 2.55. The van der Waals surface area contributed by atoms with E-state index in [1.807, 2.05) is 30.3 Å². The molecule has 158 valence electrons. The number of esters is 1. The van der Waals surface area contributed by atoms with Crippen LogP contribution in [0.15, 0.2) is 35.5 Å². The Morgan fingerprint density at radius 1 is 1.07 bits per heavy atom. The van der Waals surface area contributed by atoms with E-state index >= 15 is 0 Å². The summed E-state index contributed by atoms with van der Waals surface area (Å²) in [5, 5.41) is 4.26. The van der Waals surface area contributed by atoms with Crippen molar-refractivity contribution < 1.29 is 23.9 Å². The normalized spacial score (nSPS) is 24.3. The zero-order chi connectivity index (χ0) is 21.4. The number of nitrogens with zero attached hydrogens (tertiary/aromatic N) is 2. The van der Waals surface area contributed by atoms with Gasteiger partial charge in [0.25, 0.3) is 0 Å². The molecular formula is C22H30N2O5. The van der Waals surface area contributed by atoms with E-state index in [1.165, 1.54) is 4.90 Å². The van der Waals surface area contributed by atoms with Gasteiger partial charge >= 0.3 is 12.1 Å². The van der Waals surface area contributed by atoms with Gasteiger partial charge in [0, 0.05) is 12.8 Å². The molecule has 0 bridgehead atoms. The molecule has 0 radical (unpaired) electrons. The van der Waals surface area contributed by atoms with Crippen molar-refractivity contribution in [1.29, 1.82) is 0 Å². The van der Waals surface area contributed by atoms with Gasteiger partial charge in [0.05, 0.1) is 12.3 Å². The molecule has 0 unspecified atom stereocenters. The Morgan fingerprint density at radius 3 is 2.28 bits per heavy atom. The number of carbonyl (C=O) groups is 2. The van der Waals surface area contributed by atoms with E-state index < -0.39 is 34.9 Å². The summed E-state index contributed by atoms with van der Waals surface area (Å²) >= 11 is 0. The molecule has 0 saturated carbocycles. The summed E-state index contributed by atoms with van der Waals surface area (Å²) in [6, 6.07) is 8.96. The highest BCUT2D eigenvalue weighted by Crippen LogP contribution is 2.40. The minimum Gasteiger partial charge on any atom is -0.458 e. The van der Waals surface area contributed by atoms with Crippen LogP contribution in [-0.4, -0.2) is 52.1 Å². The molecule has 2 atom stereocenters. The van der Waals surface area contributed by atoms with Gasteiger partial charge in [-0.25, -0.2) is 9.59 Å². The van der Waals surface area contributed by atoms with Crippen molar-refractivity contribution in [3.63, 3.8) is 0 Å². The first kappa shape index (κ1) is 21.1. The van der Waals surface area contributed by atoms with Crippen LogP contribution < -0.4 is 0 Å². The molecule has 1 amide bonds. The van der Waals surface area contributed by atoms with Gasteiger partial charge in [-0.05, 0) is 47.1 Å². The second kappa shape index (κ2) is 7.35. The smallest absolute Gasteiger partial charge is 0.411 e. The maximum Gasteiger partial charge on any atom is 0.411 e. The van der Waals surface area contributed by atoms with E-state index in [1.54, 1.807) is 41.5 Å². The third kappa shape index (κ3) is 5.08. The first-order chi connectivity index (χ1) is 13.4. The van der Waals surface area contributed by atoms with Crippen molar-refractivity contribution in [2.24, 2.45) is 5.16 Å². The quantitative estimate of drug-likeness (QED) is 0.701. The molecule has 3 rings (SSSR count). The zero-order valence-corrected chi connectivity index (χ0v) is 18.0. The SMILES string of the molecule is CC(C)(C)OC(=O)[C@@H]1C[C@]2(CC(c3ccccc3)=NO2)CN1C(=O)OC(C)(C)C. The highest BCUT2D eigenvalue weighted by atomic mass is 16.7. The Bertz CT molecular complexity index is 769. The molecule has 0 N–H and O–H groups in total. The largest absolute Gasteiger partial charge is 0.458 e. The zero-order valence-electron chi connectivity index (χ0n) is 18.0. The van der Waals surface area contributed by atoms with Crippen molar-refractivity contribution in [3.05, 3.63) is 35.9 Å².